The van der Waals surface area contributed by atoms with Gasteiger partial charge in [0.05, 0.1) is 12.7 Å². The number of benzene rings is 1. The Labute approximate surface area is 151 Å². The van der Waals surface area contributed by atoms with Crippen molar-refractivity contribution in [1.29, 1.82) is 0 Å². The van der Waals surface area contributed by atoms with Gasteiger partial charge in [-0.15, -0.1) is 0 Å². The van der Waals surface area contributed by atoms with Crippen molar-refractivity contribution in [2.45, 2.75) is 26.5 Å². The largest absolute Gasteiger partial charge is 0.488 e. The van der Waals surface area contributed by atoms with Crippen molar-refractivity contribution in [3.63, 3.8) is 0 Å². The Hall–Kier alpha value is -3.09. The lowest BCUT2D eigenvalue weighted by Crippen LogP contribution is -2.38. The van der Waals surface area contributed by atoms with Crippen LogP contribution >= 0.6 is 0 Å². The molecule has 7 heteroatoms. The topological polar surface area (TPSA) is 80.6 Å². The number of fused-ring (bicyclic) bond motifs is 2. The molecule has 134 valence electrons. The molecule has 1 aliphatic heterocycles. The molecule has 1 aromatic carbocycles. The zero-order valence-corrected chi connectivity index (χ0v) is 14.8. The summed E-state index contributed by atoms with van der Waals surface area (Å²) in [6.45, 7) is 5.15. The van der Waals surface area contributed by atoms with Crippen molar-refractivity contribution in [2.24, 2.45) is 5.92 Å². The number of nitrogens with zero attached hydrogens (tertiary/aromatic N) is 3. The van der Waals surface area contributed by atoms with Crippen molar-refractivity contribution >= 4 is 17.4 Å². The predicted molar refractivity (Wildman–Crippen MR) is 98.3 cm³/mol. The fourth-order valence-electron chi connectivity index (χ4n) is 2.94. The highest BCUT2D eigenvalue weighted by Gasteiger charge is 2.21. The van der Waals surface area contributed by atoms with Gasteiger partial charge in [-0.25, -0.2) is 9.50 Å². The van der Waals surface area contributed by atoms with Gasteiger partial charge in [-0.1, -0.05) is 32.0 Å². The zero-order chi connectivity index (χ0) is 18.1. The number of rotatable bonds is 1. The molecule has 2 aromatic heterocycles. The number of aromatic nitrogens is 3. The number of hydrogen-bond acceptors (Lipinski definition) is 5. The van der Waals surface area contributed by atoms with E-state index in [1.54, 1.807) is 16.9 Å². The Morgan fingerprint density at radius 1 is 1.23 bits per heavy atom. The zero-order valence-electron chi connectivity index (χ0n) is 14.8. The van der Waals surface area contributed by atoms with Crippen LogP contribution in [0.1, 0.15) is 29.8 Å². The van der Waals surface area contributed by atoms with Crippen molar-refractivity contribution in [1.82, 2.24) is 19.9 Å². The third-order valence-electron chi connectivity index (χ3n) is 4.53. The Balaban J connectivity index is 1.76. The highest BCUT2D eigenvalue weighted by Crippen LogP contribution is 2.23. The molecular weight excluding hydrogens is 330 g/mol. The van der Waals surface area contributed by atoms with E-state index < -0.39 is 0 Å². The third-order valence-corrected chi connectivity index (χ3v) is 4.53. The summed E-state index contributed by atoms with van der Waals surface area (Å²) < 4.78 is 7.84. The lowest BCUT2D eigenvalue weighted by molar-refractivity contribution is 0.0904. The molecule has 2 bridgehead atoms. The van der Waals surface area contributed by atoms with E-state index in [1.807, 2.05) is 30.3 Å². The van der Waals surface area contributed by atoms with E-state index >= 15 is 0 Å². The number of anilines is 1. The molecule has 26 heavy (non-hydrogen) atoms. The second kappa shape index (κ2) is 6.67. The maximum atomic E-state index is 12.6. The minimum absolute atomic E-state index is 0.136. The van der Waals surface area contributed by atoms with Gasteiger partial charge in [0.2, 0.25) is 0 Å². The maximum absolute atomic E-state index is 12.6. The van der Waals surface area contributed by atoms with Crippen LogP contribution in [0, 0.1) is 5.92 Å². The van der Waals surface area contributed by atoms with Gasteiger partial charge >= 0.3 is 0 Å². The molecule has 4 rings (SSSR count). The normalized spacial score (nSPS) is 17.5. The summed E-state index contributed by atoms with van der Waals surface area (Å²) in [5.41, 5.74) is 2.02. The van der Waals surface area contributed by atoms with E-state index in [2.05, 4.69) is 34.6 Å². The highest BCUT2D eigenvalue weighted by molar-refractivity contribution is 5.99. The van der Waals surface area contributed by atoms with Gasteiger partial charge in [0.15, 0.2) is 5.65 Å². The van der Waals surface area contributed by atoms with Gasteiger partial charge in [0.1, 0.15) is 23.2 Å². The van der Waals surface area contributed by atoms with Crippen LogP contribution in [0.25, 0.3) is 5.65 Å². The maximum Gasteiger partial charge on any atom is 0.256 e. The van der Waals surface area contributed by atoms with E-state index in [1.165, 1.54) is 0 Å². The first kappa shape index (κ1) is 16.4. The molecular formula is C19H21N5O2. The molecule has 2 N–H and O–H groups in total. The number of hydrogen-bond donors (Lipinski definition) is 2. The van der Waals surface area contributed by atoms with Crippen LogP contribution in [-0.4, -0.2) is 33.2 Å². The molecule has 0 aliphatic carbocycles. The third kappa shape index (κ3) is 3.08. The second-order valence-electron chi connectivity index (χ2n) is 6.71. The van der Waals surface area contributed by atoms with E-state index in [0.717, 1.165) is 11.3 Å². The molecule has 0 spiro atoms. The number of carbonyl (C=O) groups is 1. The van der Waals surface area contributed by atoms with Gasteiger partial charge in [0, 0.05) is 18.3 Å². The first-order chi connectivity index (χ1) is 12.6. The fraction of sp³-hybridized carbons (Fsp3) is 0.316. The van der Waals surface area contributed by atoms with Crippen molar-refractivity contribution in [3.8, 4) is 5.75 Å². The van der Waals surface area contributed by atoms with Crippen molar-refractivity contribution in [3.05, 3.63) is 53.9 Å². The van der Waals surface area contributed by atoms with Gasteiger partial charge < -0.3 is 15.4 Å². The molecule has 7 nitrogen and oxygen atoms in total. The number of carbonyl (C=O) groups excluding carboxylic acids is 1. The van der Waals surface area contributed by atoms with Crippen LogP contribution in [0.3, 0.4) is 0 Å². The summed E-state index contributed by atoms with van der Waals surface area (Å²) in [7, 11) is 0. The van der Waals surface area contributed by atoms with Crippen LogP contribution in [-0.2, 0) is 6.54 Å². The van der Waals surface area contributed by atoms with E-state index in [4.69, 9.17) is 4.74 Å². The first-order valence-corrected chi connectivity index (χ1v) is 8.73. The molecule has 0 saturated heterocycles. The Morgan fingerprint density at radius 2 is 2.08 bits per heavy atom. The molecule has 1 atom stereocenters. The summed E-state index contributed by atoms with van der Waals surface area (Å²) >= 11 is 0. The van der Waals surface area contributed by atoms with Gasteiger partial charge in [-0.05, 0) is 18.1 Å². The van der Waals surface area contributed by atoms with Gasteiger partial charge in [-0.2, -0.15) is 5.10 Å². The van der Waals surface area contributed by atoms with Crippen LogP contribution in [0.5, 0.6) is 5.75 Å². The highest BCUT2D eigenvalue weighted by atomic mass is 16.5. The summed E-state index contributed by atoms with van der Waals surface area (Å²) in [5.74, 6) is 1.54. The van der Waals surface area contributed by atoms with E-state index in [9.17, 15) is 4.79 Å². The smallest absolute Gasteiger partial charge is 0.256 e. The van der Waals surface area contributed by atoms with Crippen LogP contribution < -0.4 is 15.4 Å². The van der Waals surface area contributed by atoms with Crippen LogP contribution in [0.2, 0.25) is 0 Å². The molecule has 3 aromatic rings. The summed E-state index contributed by atoms with van der Waals surface area (Å²) in [5, 5.41) is 10.5. The average molecular weight is 351 g/mol. The first-order valence-electron chi connectivity index (χ1n) is 8.73. The van der Waals surface area contributed by atoms with Crippen LogP contribution in [0.4, 0.5) is 5.82 Å². The summed E-state index contributed by atoms with van der Waals surface area (Å²) in [4.78, 5) is 17.2. The number of para-hydroxylation sites is 1. The number of amides is 1. The summed E-state index contributed by atoms with van der Waals surface area (Å²) in [6.07, 6.45) is 3.20. The molecule has 1 amide bonds. The number of ether oxygens (including phenoxy) is 1. The Morgan fingerprint density at radius 3 is 2.92 bits per heavy atom. The predicted octanol–water partition coefficient (Wildman–Crippen LogP) is 2.49. The standard InChI is InChI=1S/C19H21N5O2/c1-12(2)16-11-21-19(25)14-10-22-24-8-7-17(23-18(14)24)20-9-13-5-3-4-6-15(13)26-16/h3-8,10,12,16H,9,11H2,1-2H3,(H,20,23)(H,21,25). The monoisotopic (exact) mass is 351 g/mol. The molecule has 1 aliphatic rings. The Bertz CT molecular complexity index is 950. The minimum Gasteiger partial charge on any atom is -0.488 e. The molecule has 1 unspecified atom stereocenters. The lowest BCUT2D eigenvalue weighted by Gasteiger charge is -2.24. The van der Waals surface area contributed by atoms with Crippen LogP contribution in [0.15, 0.2) is 42.7 Å². The number of nitrogens with one attached hydrogen (secondary N) is 2. The Kier molecular flexibility index (Phi) is 4.20. The molecule has 3 heterocycles. The molecule has 0 saturated carbocycles. The van der Waals surface area contributed by atoms with Gasteiger partial charge in [0.25, 0.3) is 5.91 Å². The minimum atomic E-state index is -0.202. The quantitative estimate of drug-likeness (QED) is 0.704. The second-order valence-corrected chi connectivity index (χ2v) is 6.71. The van der Waals surface area contributed by atoms with E-state index in [0.29, 0.717) is 30.1 Å². The van der Waals surface area contributed by atoms with Crippen molar-refractivity contribution < 1.29 is 9.53 Å². The lowest BCUT2D eigenvalue weighted by atomic mass is 10.1. The average Bonchev–Trinajstić information content (AvgIpc) is 3.06. The van der Waals surface area contributed by atoms with E-state index in [-0.39, 0.29) is 17.9 Å². The molecule has 0 fully saturated rings. The van der Waals surface area contributed by atoms with Gasteiger partial charge in [-0.3, -0.25) is 4.79 Å². The molecule has 0 radical (unpaired) electrons. The fourth-order valence-corrected chi connectivity index (χ4v) is 2.94. The summed E-state index contributed by atoms with van der Waals surface area (Å²) in [6, 6.07) is 9.76. The SMILES string of the molecule is CC(C)C1CNC(=O)c2cnn3ccc(nc23)NCc2ccccc2O1. The van der Waals surface area contributed by atoms with Crippen molar-refractivity contribution in [2.75, 3.05) is 11.9 Å².